The number of unbranched alkanes of at least 4 members (excludes halogenated alkanes) is 4. The van der Waals surface area contributed by atoms with Gasteiger partial charge in [-0.2, -0.15) is 6.42 Å². The molecule has 54 heavy (non-hydrogen) atoms. The van der Waals surface area contributed by atoms with Crippen molar-refractivity contribution in [3.8, 4) is 23.0 Å². The van der Waals surface area contributed by atoms with Gasteiger partial charge in [0, 0.05) is 27.4 Å². The van der Waals surface area contributed by atoms with Crippen LogP contribution in [0.1, 0.15) is 142 Å². The summed E-state index contributed by atoms with van der Waals surface area (Å²) < 4.78 is 23.8. The second-order valence-electron chi connectivity index (χ2n) is 14.4. The maximum atomic E-state index is 5.81. The fourth-order valence-electron chi connectivity index (χ4n) is 7.34. The molecule has 2 aliphatic carbocycles. The van der Waals surface area contributed by atoms with E-state index in [9.17, 15) is 0 Å². The quantitative estimate of drug-likeness (QED) is 0.0819. The molecule has 300 valence electrons. The van der Waals surface area contributed by atoms with Crippen LogP contribution in [-0.2, 0) is 22.8 Å². The van der Waals surface area contributed by atoms with Crippen LogP contribution in [0.4, 0.5) is 0 Å². The summed E-state index contributed by atoms with van der Waals surface area (Å²) in [5, 5.41) is 0. The van der Waals surface area contributed by atoms with Crippen LogP contribution in [0.3, 0.4) is 0 Å². The molecule has 0 fully saturated rings. The number of methoxy groups -OCH3 is 4. The Bertz CT molecular complexity index is 1430. The number of halogens is 2. The molecule has 0 spiro atoms. The Balaban J connectivity index is 0.000000882. The first-order valence-electron chi connectivity index (χ1n) is 19.3. The molecule has 0 radical (unpaired) electrons. The van der Waals surface area contributed by atoms with Crippen molar-refractivity contribution in [3.63, 3.8) is 0 Å². The van der Waals surface area contributed by atoms with Crippen molar-refractivity contribution in [1.29, 1.82) is 0 Å². The number of rotatable bonds is 14. The Hall–Kier alpha value is -1.82. The fourth-order valence-corrected chi connectivity index (χ4v) is 7.76. The second-order valence-corrected chi connectivity index (χ2v) is 15.3. The third kappa shape index (κ3) is 16.0. The zero-order valence-electron chi connectivity index (χ0n) is 34.8. The van der Waals surface area contributed by atoms with Gasteiger partial charge < -0.3 is 25.9 Å². The predicted octanol–water partition coefficient (Wildman–Crippen LogP) is 15.4. The SMILES string of the molecule is C.C=C(C)[C@@H]1CCC(C)=C[C@H]1c1c(OC)cc(Br)cc1OC.C=C(C)[C@@H]1CCC(C)=C[C@H]1c1c(OC)cc(CCCCC)cc1OC.[CH2-]CCCC.[Zn+][Br]. The third-order valence-corrected chi connectivity index (χ3v) is 10.7. The molecule has 0 amide bonds. The van der Waals surface area contributed by atoms with Crippen LogP contribution in [0.2, 0.25) is 0 Å². The molecule has 2 aromatic carbocycles. The van der Waals surface area contributed by atoms with Gasteiger partial charge in [0.15, 0.2) is 0 Å². The Kier molecular flexibility index (Phi) is 27.6. The van der Waals surface area contributed by atoms with Gasteiger partial charge in [-0.05, 0) is 108 Å². The minimum atomic E-state index is 0. The molecule has 2 aromatic rings. The summed E-state index contributed by atoms with van der Waals surface area (Å²) in [7, 11) is 6.95. The van der Waals surface area contributed by atoms with Crippen LogP contribution >= 0.6 is 29.6 Å². The Labute approximate surface area is 357 Å². The first-order valence-corrected chi connectivity index (χ1v) is 27.0. The zero-order chi connectivity index (χ0) is 40.1. The molecule has 0 saturated heterocycles. The van der Waals surface area contributed by atoms with Crippen LogP contribution in [0.25, 0.3) is 0 Å². The van der Waals surface area contributed by atoms with Crippen LogP contribution in [0.15, 0.2) is 76.3 Å². The molecule has 0 aromatic heterocycles. The fraction of sp³-hybridized carbons (Fsp3) is 0.553. The van der Waals surface area contributed by atoms with E-state index in [2.05, 4.69) is 115 Å². The van der Waals surface area contributed by atoms with E-state index in [-0.39, 0.29) is 19.3 Å². The van der Waals surface area contributed by atoms with Crippen LogP contribution in [0.5, 0.6) is 23.0 Å². The number of benzene rings is 2. The van der Waals surface area contributed by atoms with Crippen molar-refractivity contribution in [3.05, 3.63) is 100.0 Å². The topological polar surface area (TPSA) is 36.9 Å². The van der Waals surface area contributed by atoms with Gasteiger partial charge >= 0.3 is 30.0 Å². The van der Waals surface area contributed by atoms with Crippen molar-refractivity contribution < 1.29 is 35.3 Å². The number of hydrogen-bond acceptors (Lipinski definition) is 4. The minimum absolute atomic E-state index is 0. The van der Waals surface area contributed by atoms with Gasteiger partial charge in [-0.3, -0.25) is 0 Å². The molecule has 0 bridgehead atoms. The van der Waals surface area contributed by atoms with Gasteiger partial charge in [0.1, 0.15) is 23.0 Å². The Morgan fingerprint density at radius 2 is 1.07 bits per heavy atom. The average Bonchev–Trinajstić information content (AvgIpc) is 3.15. The van der Waals surface area contributed by atoms with Crippen LogP contribution in [0, 0.1) is 18.8 Å². The summed E-state index contributed by atoms with van der Waals surface area (Å²) in [6, 6.07) is 8.43. The van der Waals surface area contributed by atoms with Crippen LogP contribution in [-0.4, -0.2) is 28.4 Å². The summed E-state index contributed by atoms with van der Waals surface area (Å²) in [5.74, 6) is 5.04. The number of ether oxygens (including phenoxy) is 4. The van der Waals surface area contributed by atoms with Crippen molar-refractivity contribution >= 4 is 29.6 Å². The molecule has 0 aliphatic heterocycles. The Morgan fingerprint density at radius 3 is 1.37 bits per heavy atom. The van der Waals surface area contributed by atoms with Gasteiger partial charge in [0.25, 0.3) is 0 Å². The molecule has 0 heterocycles. The van der Waals surface area contributed by atoms with Gasteiger partial charge in [0.05, 0.1) is 28.4 Å². The summed E-state index contributed by atoms with van der Waals surface area (Å²) in [6.45, 7) is 25.2. The molecule has 4 nitrogen and oxygen atoms in total. The summed E-state index contributed by atoms with van der Waals surface area (Å²) in [4.78, 5) is 0. The van der Waals surface area contributed by atoms with E-state index in [1.54, 1.807) is 28.4 Å². The van der Waals surface area contributed by atoms with E-state index in [0.717, 1.165) is 71.6 Å². The average molecular weight is 926 g/mol. The molecular weight excluding hydrogens is 854 g/mol. The standard InChI is InChI=1S/C23H34O2.C18H23BrO2.C5H11.CH4.BrH.Zn/c1-7-8-9-10-18-14-21(24-5)23(22(15-18)25-6)20-13-17(4)11-12-19(20)16(2)3;1-11(2)14-7-6-12(3)8-15(14)18-16(20-4)9-13(19)10-17(18)21-5;1-3-5-4-2;;;/h13-15,19-20H,2,7-12H2,1,3-6H3;8-10,14-15H,1,6-7H2,2-5H3;1,3-5H2,2H3;1H4;1H;/q;;-1;;;+2/p-1/t19-,20+;14-,15+;;;;/m00..../s1. The van der Waals surface area contributed by atoms with E-state index in [0.29, 0.717) is 11.8 Å². The van der Waals surface area contributed by atoms with Gasteiger partial charge in [-0.1, -0.05) is 110 Å². The molecule has 2 aliphatic rings. The van der Waals surface area contributed by atoms with Gasteiger partial charge in [0.2, 0.25) is 0 Å². The van der Waals surface area contributed by atoms with E-state index < -0.39 is 0 Å². The molecule has 0 unspecified atom stereocenters. The molecule has 4 rings (SSSR count). The zero-order valence-corrected chi connectivity index (χ0v) is 40.9. The van der Waals surface area contributed by atoms with E-state index in [4.69, 9.17) is 18.9 Å². The van der Waals surface area contributed by atoms with Crippen molar-refractivity contribution in [2.75, 3.05) is 28.4 Å². The Morgan fingerprint density at radius 1 is 0.704 bits per heavy atom. The number of hydrogen-bond donors (Lipinski definition) is 0. The molecular formula is C47H72Br2O4Zn. The summed E-state index contributed by atoms with van der Waals surface area (Å²) in [5.41, 5.74) is 8.92. The maximum absolute atomic E-state index is 5.81. The van der Waals surface area contributed by atoms with Crippen LogP contribution < -0.4 is 18.9 Å². The summed E-state index contributed by atoms with van der Waals surface area (Å²) in [6.07, 6.45) is 17.7. The predicted molar refractivity (Wildman–Crippen MR) is 239 cm³/mol. The molecule has 7 heteroatoms. The third-order valence-electron chi connectivity index (χ3n) is 10.2. The summed E-state index contributed by atoms with van der Waals surface area (Å²) >= 11 is 7.77. The normalized spacial score (nSPS) is 18.6. The molecule has 0 saturated carbocycles. The molecule has 4 atom stereocenters. The van der Waals surface area contributed by atoms with Gasteiger partial charge in [-0.15, -0.1) is 0 Å². The van der Waals surface area contributed by atoms with E-state index >= 15 is 0 Å². The first kappa shape index (κ1) is 52.2. The monoisotopic (exact) mass is 922 g/mol. The first-order chi connectivity index (χ1) is 25.4. The number of allylic oxidation sites excluding steroid dienone is 6. The number of aryl methyl sites for hydroxylation is 1. The van der Waals surface area contributed by atoms with Crippen molar-refractivity contribution in [1.82, 2.24) is 0 Å². The van der Waals surface area contributed by atoms with E-state index in [1.165, 1.54) is 81.9 Å². The second kappa shape index (κ2) is 28.6. The van der Waals surface area contributed by atoms with Crippen molar-refractivity contribution in [2.24, 2.45) is 11.8 Å². The van der Waals surface area contributed by atoms with Crippen molar-refractivity contribution in [2.45, 2.75) is 131 Å². The van der Waals surface area contributed by atoms with E-state index in [1.807, 2.05) is 12.1 Å². The van der Waals surface area contributed by atoms with Gasteiger partial charge in [-0.25, -0.2) is 0 Å². The molecule has 0 N–H and O–H groups in total.